The number of carbonyl (C=O) groups is 2. The molecule has 0 aliphatic carbocycles. The Bertz CT molecular complexity index is 414. The first-order chi connectivity index (χ1) is 9.71. The van der Waals surface area contributed by atoms with Gasteiger partial charge in [-0.1, -0.05) is 0 Å². The molecule has 1 aliphatic rings. The fourth-order valence-corrected chi connectivity index (χ4v) is 2.31. The summed E-state index contributed by atoms with van der Waals surface area (Å²) in [5.41, 5.74) is -0.491. The average molecular weight is 296 g/mol. The van der Waals surface area contributed by atoms with Crippen LogP contribution in [0.4, 0.5) is 4.79 Å². The van der Waals surface area contributed by atoms with Crippen LogP contribution in [0, 0.1) is 17.2 Å². The van der Waals surface area contributed by atoms with Crippen molar-refractivity contribution in [2.75, 3.05) is 13.1 Å². The van der Waals surface area contributed by atoms with Gasteiger partial charge in [0, 0.05) is 26.4 Å². The van der Waals surface area contributed by atoms with Crippen LogP contribution in [0.5, 0.6) is 0 Å². The summed E-state index contributed by atoms with van der Waals surface area (Å²) in [7, 11) is 0. The maximum absolute atomic E-state index is 11.9. The molecule has 21 heavy (non-hydrogen) atoms. The zero-order chi connectivity index (χ0) is 16.0. The molecule has 1 atom stereocenters. The Balaban J connectivity index is 2.40. The molecule has 0 bridgehead atoms. The maximum Gasteiger partial charge on any atom is 0.410 e. The lowest BCUT2D eigenvalue weighted by Gasteiger charge is -2.33. The zero-order valence-electron chi connectivity index (χ0n) is 13.2. The van der Waals surface area contributed by atoms with Gasteiger partial charge in [-0.3, -0.25) is 4.79 Å². The first kappa shape index (κ1) is 17.3. The smallest absolute Gasteiger partial charge is 0.410 e. The van der Waals surface area contributed by atoms with Crippen LogP contribution in [0.3, 0.4) is 0 Å². The van der Waals surface area contributed by atoms with E-state index in [0.717, 1.165) is 12.8 Å². The number of ether oxygens (including phenoxy) is 2. The van der Waals surface area contributed by atoms with Crippen molar-refractivity contribution in [3.05, 3.63) is 0 Å². The Labute approximate surface area is 126 Å². The third-order valence-electron chi connectivity index (χ3n) is 3.27. The number of hydrogen-bond donors (Lipinski definition) is 0. The molecule has 118 valence electrons. The van der Waals surface area contributed by atoms with Crippen LogP contribution in [-0.4, -0.2) is 41.8 Å². The lowest BCUT2D eigenvalue weighted by atomic mass is 9.91. The predicted molar refractivity (Wildman–Crippen MR) is 76.3 cm³/mol. The van der Waals surface area contributed by atoms with Gasteiger partial charge in [0.05, 0.1) is 0 Å². The van der Waals surface area contributed by atoms with Crippen molar-refractivity contribution in [1.82, 2.24) is 4.90 Å². The molecule has 1 heterocycles. The third kappa shape index (κ3) is 6.48. The van der Waals surface area contributed by atoms with Gasteiger partial charge in [0.25, 0.3) is 0 Å². The molecule has 0 radical (unpaired) electrons. The summed E-state index contributed by atoms with van der Waals surface area (Å²) < 4.78 is 10.3. The van der Waals surface area contributed by atoms with E-state index in [1.165, 1.54) is 6.92 Å². The number of nitriles is 1. The third-order valence-corrected chi connectivity index (χ3v) is 3.27. The van der Waals surface area contributed by atoms with Gasteiger partial charge in [-0.2, -0.15) is 5.26 Å². The molecule has 6 nitrogen and oxygen atoms in total. The van der Waals surface area contributed by atoms with Crippen LogP contribution in [0.15, 0.2) is 0 Å². The van der Waals surface area contributed by atoms with E-state index in [9.17, 15) is 9.59 Å². The normalized spacial score (nSPS) is 17.8. The van der Waals surface area contributed by atoms with Gasteiger partial charge in [0.1, 0.15) is 11.7 Å². The van der Waals surface area contributed by atoms with Gasteiger partial charge < -0.3 is 14.4 Å². The fourth-order valence-electron chi connectivity index (χ4n) is 2.31. The van der Waals surface area contributed by atoms with Crippen molar-refractivity contribution >= 4 is 12.1 Å². The lowest BCUT2D eigenvalue weighted by Crippen LogP contribution is -2.42. The Morgan fingerprint density at radius 3 is 2.33 bits per heavy atom. The lowest BCUT2D eigenvalue weighted by molar-refractivity contribution is -0.144. The largest absolute Gasteiger partial charge is 0.447 e. The summed E-state index contributed by atoms with van der Waals surface area (Å²) in [4.78, 5) is 24.5. The predicted octanol–water partition coefficient (Wildman–Crippen LogP) is 2.48. The number of likely N-dealkylation sites (tertiary alicyclic amines) is 1. The highest BCUT2D eigenvalue weighted by Gasteiger charge is 2.28. The van der Waals surface area contributed by atoms with E-state index in [-0.39, 0.29) is 12.0 Å². The van der Waals surface area contributed by atoms with Crippen molar-refractivity contribution < 1.29 is 19.1 Å². The van der Waals surface area contributed by atoms with Gasteiger partial charge in [-0.15, -0.1) is 0 Å². The van der Waals surface area contributed by atoms with Gasteiger partial charge in [0.15, 0.2) is 6.10 Å². The van der Waals surface area contributed by atoms with Crippen molar-refractivity contribution in [3.8, 4) is 6.07 Å². The van der Waals surface area contributed by atoms with E-state index in [0.29, 0.717) is 19.5 Å². The second-order valence-corrected chi connectivity index (χ2v) is 6.37. The van der Waals surface area contributed by atoms with Crippen molar-refractivity contribution in [3.63, 3.8) is 0 Å². The second-order valence-electron chi connectivity index (χ2n) is 6.37. The number of carbonyl (C=O) groups excluding carboxylic acids is 2. The van der Waals surface area contributed by atoms with Gasteiger partial charge >= 0.3 is 12.1 Å². The van der Waals surface area contributed by atoms with E-state index >= 15 is 0 Å². The van der Waals surface area contributed by atoms with Crippen molar-refractivity contribution in [2.24, 2.45) is 5.92 Å². The maximum atomic E-state index is 11.9. The van der Waals surface area contributed by atoms with Crippen LogP contribution >= 0.6 is 0 Å². The first-order valence-electron chi connectivity index (χ1n) is 7.26. The fraction of sp³-hybridized carbons (Fsp3) is 0.800. The highest BCUT2D eigenvalue weighted by atomic mass is 16.6. The summed E-state index contributed by atoms with van der Waals surface area (Å²) in [5.74, 6) is -0.152. The second kappa shape index (κ2) is 7.30. The molecule has 6 heteroatoms. The molecule has 0 aromatic heterocycles. The Kier molecular flexibility index (Phi) is 6.01. The Morgan fingerprint density at radius 2 is 1.90 bits per heavy atom. The molecule has 1 saturated heterocycles. The monoisotopic (exact) mass is 296 g/mol. The summed E-state index contributed by atoms with van der Waals surface area (Å²) in [6.45, 7) is 8.04. The number of nitrogens with zero attached hydrogens (tertiary/aromatic N) is 2. The van der Waals surface area contributed by atoms with E-state index in [4.69, 9.17) is 14.7 Å². The molecule has 0 aromatic rings. The topological polar surface area (TPSA) is 79.6 Å². The van der Waals surface area contributed by atoms with Crippen LogP contribution in [0.2, 0.25) is 0 Å². The Morgan fingerprint density at radius 1 is 1.33 bits per heavy atom. The number of amides is 1. The molecule has 1 amide bonds. The molecule has 1 rings (SSSR count). The summed E-state index contributed by atoms with van der Waals surface area (Å²) >= 11 is 0. The quantitative estimate of drug-likeness (QED) is 0.747. The number of piperidine rings is 1. The molecule has 0 saturated carbocycles. The molecule has 0 unspecified atom stereocenters. The first-order valence-corrected chi connectivity index (χ1v) is 7.26. The van der Waals surface area contributed by atoms with E-state index < -0.39 is 17.7 Å². The molecule has 1 fully saturated rings. The van der Waals surface area contributed by atoms with Gasteiger partial charge in [0.2, 0.25) is 0 Å². The minimum Gasteiger partial charge on any atom is -0.447 e. The highest BCUT2D eigenvalue weighted by Crippen LogP contribution is 2.24. The van der Waals surface area contributed by atoms with Crippen LogP contribution < -0.4 is 0 Å². The highest BCUT2D eigenvalue weighted by molar-refractivity contribution is 5.68. The van der Waals surface area contributed by atoms with Crippen molar-refractivity contribution in [1.29, 1.82) is 5.26 Å². The standard InChI is InChI=1S/C15H24N2O4/c1-11(18)20-13(10-16)9-12-5-7-17(8-6-12)14(19)21-15(2,3)4/h12-13H,5-9H2,1-4H3/t13-/m0/s1. The SMILES string of the molecule is CC(=O)O[C@H](C#N)CC1CCN(C(=O)OC(C)(C)C)CC1. The summed E-state index contributed by atoms with van der Waals surface area (Å²) in [5, 5.41) is 8.96. The number of rotatable bonds is 3. The van der Waals surface area contributed by atoms with Crippen molar-refractivity contribution in [2.45, 2.75) is 58.7 Å². The molecular weight excluding hydrogens is 272 g/mol. The minimum atomic E-state index is -0.694. The summed E-state index contributed by atoms with van der Waals surface area (Å²) in [6.07, 6.45) is 1.12. The van der Waals surface area contributed by atoms with Gasteiger partial charge in [-0.05, 0) is 39.5 Å². The van der Waals surface area contributed by atoms with Crippen LogP contribution in [-0.2, 0) is 14.3 Å². The Hall–Kier alpha value is -1.77. The summed E-state index contributed by atoms with van der Waals surface area (Å²) in [6, 6.07) is 2.00. The van der Waals surface area contributed by atoms with Crippen LogP contribution in [0.1, 0.15) is 47.0 Å². The zero-order valence-corrected chi connectivity index (χ0v) is 13.2. The van der Waals surface area contributed by atoms with Gasteiger partial charge in [-0.25, -0.2) is 4.79 Å². The number of hydrogen-bond acceptors (Lipinski definition) is 5. The average Bonchev–Trinajstić information content (AvgIpc) is 2.36. The van der Waals surface area contributed by atoms with E-state index in [1.54, 1.807) is 4.90 Å². The minimum absolute atomic E-state index is 0.285. The molecular formula is C15H24N2O4. The molecule has 0 spiro atoms. The molecule has 1 aliphatic heterocycles. The van der Waals surface area contributed by atoms with E-state index in [1.807, 2.05) is 26.8 Å². The van der Waals surface area contributed by atoms with E-state index in [2.05, 4.69) is 0 Å². The molecule has 0 N–H and O–H groups in total. The van der Waals surface area contributed by atoms with Crippen LogP contribution in [0.25, 0.3) is 0 Å². The number of esters is 1. The molecule has 0 aromatic carbocycles.